The van der Waals surface area contributed by atoms with Gasteiger partial charge >= 0.3 is 0 Å². The van der Waals surface area contributed by atoms with Crippen LogP contribution < -0.4 is 10.6 Å². The molecule has 0 bridgehead atoms. The number of benzene rings is 3. The summed E-state index contributed by atoms with van der Waals surface area (Å²) in [5.41, 5.74) is 10.8. The van der Waals surface area contributed by atoms with Gasteiger partial charge in [-0.15, -0.1) is 0 Å². The van der Waals surface area contributed by atoms with Crippen molar-refractivity contribution >= 4 is 45.0 Å². The highest BCUT2D eigenvalue weighted by atomic mass is 35.5. The molecular formula is C28H31ClN4O. The highest BCUT2D eigenvalue weighted by Gasteiger charge is 2.28. The maximum atomic E-state index is 12.0. The second-order valence-corrected chi connectivity index (χ2v) is 9.57. The summed E-state index contributed by atoms with van der Waals surface area (Å²) in [4.78, 5) is 17.0. The second-order valence-electron chi connectivity index (χ2n) is 9.16. The van der Waals surface area contributed by atoms with E-state index in [1.807, 2.05) is 30.3 Å². The first kappa shape index (κ1) is 22.8. The fraction of sp³-hybridized carbons (Fsp3) is 0.321. The summed E-state index contributed by atoms with van der Waals surface area (Å²) in [6.45, 7) is 8.15. The van der Waals surface area contributed by atoms with Gasteiger partial charge in [0.05, 0.1) is 17.2 Å². The molecule has 0 aliphatic carbocycles. The van der Waals surface area contributed by atoms with Crippen LogP contribution in [-0.4, -0.2) is 41.6 Å². The van der Waals surface area contributed by atoms with Gasteiger partial charge in [-0.1, -0.05) is 55.3 Å². The lowest BCUT2D eigenvalue weighted by Crippen LogP contribution is -2.49. The number of hydrogen-bond donors (Lipinski definition) is 1. The molecule has 0 spiro atoms. The lowest BCUT2D eigenvalue weighted by Gasteiger charge is -2.41. The Balaban J connectivity index is 1.53. The summed E-state index contributed by atoms with van der Waals surface area (Å²) >= 11 is 6.39. The fourth-order valence-electron chi connectivity index (χ4n) is 5.41. The monoisotopic (exact) mass is 474 g/mol. The molecule has 1 aromatic heterocycles. The number of hydrogen-bond acceptors (Lipinski definition) is 3. The molecule has 5 rings (SSSR count). The number of carbonyl (C=O) groups excluding carboxylic acids is 1. The normalized spacial score (nSPS) is 15.8. The van der Waals surface area contributed by atoms with Crippen molar-refractivity contribution in [3.63, 3.8) is 0 Å². The minimum absolute atomic E-state index is 0.207. The minimum Gasteiger partial charge on any atom is -0.369 e. The van der Waals surface area contributed by atoms with E-state index in [1.54, 1.807) is 0 Å². The SMILES string of the molecule is CCCC(N1CCN(c2cccc(Cl)c2C)CC1)n1c2ccccc2c2ccc(C(N)=O)cc21. The molecule has 4 aromatic rings. The van der Waals surface area contributed by atoms with Gasteiger partial charge in [-0.3, -0.25) is 9.69 Å². The molecule has 1 aliphatic rings. The first-order chi connectivity index (χ1) is 16.5. The summed E-state index contributed by atoms with van der Waals surface area (Å²) in [6.07, 6.45) is 2.31. The molecule has 1 unspecified atom stereocenters. The molecule has 0 radical (unpaired) electrons. The molecule has 1 saturated heterocycles. The molecule has 2 N–H and O–H groups in total. The van der Waals surface area contributed by atoms with Gasteiger partial charge in [-0.05, 0) is 49.2 Å². The zero-order chi connectivity index (χ0) is 23.8. The van der Waals surface area contributed by atoms with Crippen LogP contribution in [0.3, 0.4) is 0 Å². The number of para-hydroxylation sites is 1. The molecule has 6 heteroatoms. The van der Waals surface area contributed by atoms with E-state index in [9.17, 15) is 4.79 Å². The number of carbonyl (C=O) groups is 1. The molecule has 176 valence electrons. The van der Waals surface area contributed by atoms with Gasteiger partial charge in [0.25, 0.3) is 0 Å². The Morgan fingerprint density at radius 1 is 0.971 bits per heavy atom. The Hall–Kier alpha value is -3.02. The van der Waals surface area contributed by atoms with Crippen LogP contribution in [0.2, 0.25) is 5.02 Å². The second kappa shape index (κ2) is 9.32. The van der Waals surface area contributed by atoms with Crippen LogP contribution in [-0.2, 0) is 0 Å². The number of nitrogens with two attached hydrogens (primary N) is 1. The van der Waals surface area contributed by atoms with Crippen molar-refractivity contribution in [3.8, 4) is 0 Å². The van der Waals surface area contributed by atoms with E-state index in [0.717, 1.165) is 60.5 Å². The molecule has 34 heavy (non-hydrogen) atoms. The third-order valence-electron chi connectivity index (χ3n) is 7.16. The number of halogens is 1. The van der Waals surface area contributed by atoms with Crippen LogP contribution in [0.15, 0.2) is 60.7 Å². The minimum atomic E-state index is -0.392. The molecule has 1 aliphatic heterocycles. The Kier molecular flexibility index (Phi) is 6.24. The van der Waals surface area contributed by atoms with Crippen LogP contribution in [0.5, 0.6) is 0 Å². The van der Waals surface area contributed by atoms with E-state index in [0.29, 0.717) is 5.56 Å². The van der Waals surface area contributed by atoms with Crippen LogP contribution in [0.4, 0.5) is 5.69 Å². The Bertz CT molecular complexity index is 1350. The van der Waals surface area contributed by atoms with Crippen molar-refractivity contribution in [2.75, 3.05) is 31.1 Å². The summed E-state index contributed by atoms with van der Waals surface area (Å²) in [6, 6.07) is 20.5. The quantitative estimate of drug-likeness (QED) is 0.374. The summed E-state index contributed by atoms with van der Waals surface area (Å²) in [5, 5.41) is 3.19. The molecule has 2 heterocycles. The topological polar surface area (TPSA) is 54.5 Å². The molecule has 1 fully saturated rings. The van der Waals surface area contributed by atoms with Gasteiger partial charge in [0.2, 0.25) is 5.91 Å². The number of nitrogens with zero attached hydrogens (tertiary/aromatic N) is 3. The predicted molar refractivity (Wildman–Crippen MR) is 142 cm³/mol. The number of rotatable bonds is 6. The van der Waals surface area contributed by atoms with Gasteiger partial charge in [-0.25, -0.2) is 0 Å². The van der Waals surface area contributed by atoms with Gasteiger partial charge in [0.15, 0.2) is 0 Å². The van der Waals surface area contributed by atoms with Crippen molar-refractivity contribution in [1.29, 1.82) is 0 Å². The average molecular weight is 475 g/mol. The van der Waals surface area contributed by atoms with Crippen LogP contribution in [0, 0.1) is 6.92 Å². The highest BCUT2D eigenvalue weighted by molar-refractivity contribution is 6.31. The standard InChI is InChI=1S/C28H31ClN4O/c1-3-7-27(32-16-14-31(15-17-32)24-11-6-9-23(29)19(24)2)33-25-10-5-4-8-21(25)22-13-12-20(28(30)34)18-26(22)33/h4-6,8-13,18,27H,3,7,14-17H2,1-2H3,(H2,30,34). The summed E-state index contributed by atoms with van der Waals surface area (Å²) in [7, 11) is 0. The number of aromatic nitrogens is 1. The first-order valence-corrected chi connectivity index (χ1v) is 12.4. The van der Waals surface area contributed by atoms with Crippen LogP contribution in [0.1, 0.15) is 41.9 Å². The van der Waals surface area contributed by atoms with Crippen molar-refractivity contribution in [3.05, 3.63) is 76.8 Å². The average Bonchev–Trinajstić information content (AvgIpc) is 3.18. The molecular weight excluding hydrogens is 444 g/mol. The van der Waals surface area contributed by atoms with Crippen molar-refractivity contribution in [1.82, 2.24) is 9.47 Å². The highest BCUT2D eigenvalue weighted by Crippen LogP contribution is 2.36. The fourth-order valence-corrected chi connectivity index (χ4v) is 5.58. The molecule has 1 atom stereocenters. The number of primary amides is 1. The maximum absolute atomic E-state index is 12.0. The molecule has 0 saturated carbocycles. The smallest absolute Gasteiger partial charge is 0.248 e. The third-order valence-corrected chi connectivity index (χ3v) is 7.57. The number of piperazine rings is 1. The molecule has 5 nitrogen and oxygen atoms in total. The van der Waals surface area contributed by atoms with Gasteiger partial charge in [0.1, 0.15) is 0 Å². The van der Waals surface area contributed by atoms with E-state index in [-0.39, 0.29) is 6.17 Å². The summed E-state index contributed by atoms with van der Waals surface area (Å²) < 4.78 is 2.43. The van der Waals surface area contributed by atoms with Gasteiger partial charge in [0, 0.05) is 53.2 Å². The van der Waals surface area contributed by atoms with Gasteiger partial charge < -0.3 is 15.2 Å². The third kappa shape index (κ3) is 3.93. The lowest BCUT2D eigenvalue weighted by molar-refractivity contribution is 0.1000. The van der Waals surface area contributed by atoms with E-state index >= 15 is 0 Å². The largest absolute Gasteiger partial charge is 0.369 e. The van der Waals surface area contributed by atoms with E-state index < -0.39 is 5.91 Å². The predicted octanol–water partition coefficient (Wildman–Crippen LogP) is 5.98. The summed E-state index contributed by atoms with van der Waals surface area (Å²) in [5.74, 6) is -0.392. The Labute approximate surface area is 205 Å². The molecule has 1 amide bonds. The zero-order valence-electron chi connectivity index (χ0n) is 19.8. The number of fused-ring (bicyclic) bond motifs is 3. The van der Waals surface area contributed by atoms with E-state index in [2.05, 4.69) is 58.5 Å². The Morgan fingerprint density at radius 3 is 2.44 bits per heavy atom. The lowest BCUT2D eigenvalue weighted by atomic mass is 10.1. The van der Waals surface area contributed by atoms with Crippen LogP contribution >= 0.6 is 11.6 Å². The van der Waals surface area contributed by atoms with E-state index in [1.165, 1.54) is 16.6 Å². The zero-order valence-corrected chi connectivity index (χ0v) is 20.6. The van der Waals surface area contributed by atoms with E-state index in [4.69, 9.17) is 17.3 Å². The van der Waals surface area contributed by atoms with Crippen molar-refractivity contribution < 1.29 is 4.79 Å². The maximum Gasteiger partial charge on any atom is 0.248 e. The first-order valence-electron chi connectivity index (χ1n) is 12.1. The van der Waals surface area contributed by atoms with Crippen molar-refractivity contribution in [2.45, 2.75) is 32.9 Å². The molecule has 3 aromatic carbocycles. The number of amides is 1. The van der Waals surface area contributed by atoms with Crippen molar-refractivity contribution in [2.24, 2.45) is 5.73 Å². The van der Waals surface area contributed by atoms with Gasteiger partial charge in [-0.2, -0.15) is 0 Å². The Morgan fingerprint density at radius 2 is 1.71 bits per heavy atom. The van der Waals surface area contributed by atoms with Crippen LogP contribution in [0.25, 0.3) is 21.8 Å². The number of anilines is 1.